The Bertz CT molecular complexity index is 1380. The Morgan fingerprint density at radius 2 is 1.97 bits per heavy atom. The van der Waals surface area contributed by atoms with Crippen LogP contribution in [0, 0.1) is 0 Å². The van der Waals surface area contributed by atoms with Crippen LogP contribution in [0.2, 0.25) is 0 Å². The molecule has 39 heavy (non-hydrogen) atoms. The summed E-state index contributed by atoms with van der Waals surface area (Å²) in [6.07, 6.45) is 5.60. The topological polar surface area (TPSA) is 125 Å². The number of benzene rings is 1. The number of nitrogens with zero attached hydrogens (tertiary/aromatic N) is 5. The van der Waals surface area contributed by atoms with Crippen LogP contribution in [0.1, 0.15) is 42.4 Å². The minimum absolute atomic E-state index is 0.113. The normalized spacial score (nSPS) is 14.2. The fourth-order valence-corrected chi connectivity index (χ4v) is 5.56. The van der Waals surface area contributed by atoms with E-state index >= 15 is 0 Å². The second-order valence-electron chi connectivity index (χ2n) is 9.22. The summed E-state index contributed by atoms with van der Waals surface area (Å²) in [6.45, 7) is -0.0939. The lowest BCUT2D eigenvalue weighted by atomic mass is 10.1. The lowest BCUT2D eigenvalue weighted by molar-refractivity contribution is -0.142. The number of tetrazole rings is 1. The van der Waals surface area contributed by atoms with Gasteiger partial charge in [0.1, 0.15) is 18.3 Å². The second kappa shape index (κ2) is 12.1. The Morgan fingerprint density at radius 3 is 2.67 bits per heavy atom. The van der Waals surface area contributed by atoms with Gasteiger partial charge in [-0.05, 0) is 59.8 Å². The highest BCUT2D eigenvalue weighted by Crippen LogP contribution is 2.31. The first-order valence-electron chi connectivity index (χ1n) is 12.7. The Labute approximate surface area is 229 Å². The smallest absolute Gasteiger partial charge is 0.248 e. The van der Waals surface area contributed by atoms with Crippen LogP contribution in [0.15, 0.2) is 58.5 Å². The first-order chi connectivity index (χ1) is 19.1. The van der Waals surface area contributed by atoms with Gasteiger partial charge in [0.05, 0.1) is 27.0 Å². The van der Waals surface area contributed by atoms with Gasteiger partial charge in [-0.15, -0.1) is 21.5 Å². The molecule has 1 fully saturated rings. The Balaban J connectivity index is 1.40. The first kappa shape index (κ1) is 26.4. The highest BCUT2D eigenvalue weighted by Gasteiger charge is 2.34. The van der Waals surface area contributed by atoms with Crippen LogP contribution in [0.3, 0.4) is 0 Å². The van der Waals surface area contributed by atoms with E-state index in [4.69, 9.17) is 13.9 Å². The zero-order valence-electron chi connectivity index (χ0n) is 21.8. The van der Waals surface area contributed by atoms with Crippen molar-refractivity contribution in [3.05, 3.63) is 64.7 Å². The number of nitrogens with one attached hydrogen (secondary N) is 1. The molecule has 0 aliphatic heterocycles. The number of methoxy groups -OCH3 is 2. The number of thiophene rings is 1. The minimum Gasteiger partial charge on any atom is -0.493 e. The first-order valence-corrected chi connectivity index (χ1v) is 13.6. The van der Waals surface area contributed by atoms with Crippen LogP contribution in [0.5, 0.6) is 11.5 Å². The van der Waals surface area contributed by atoms with E-state index in [1.165, 1.54) is 21.0 Å². The van der Waals surface area contributed by atoms with E-state index in [1.807, 2.05) is 17.5 Å². The number of rotatable bonds is 11. The lowest BCUT2D eigenvalue weighted by Crippen LogP contribution is -2.46. The van der Waals surface area contributed by atoms with Crippen molar-refractivity contribution in [1.29, 1.82) is 0 Å². The number of carbonyl (C=O) groups excluding carboxylic acids is 2. The molecular weight excluding hydrogens is 520 g/mol. The molecule has 3 heterocycles. The SMILES string of the molecule is COc1ccc(-c2nnn(CC(=O)N(Cc3ccco3)C(C(=O)NC3CCCC3)c3cccs3)n2)cc1OC. The molecule has 0 saturated heterocycles. The van der Waals surface area contributed by atoms with Crippen LogP contribution >= 0.6 is 11.3 Å². The monoisotopic (exact) mass is 550 g/mol. The summed E-state index contributed by atoms with van der Waals surface area (Å²) >= 11 is 1.43. The number of hydrogen-bond acceptors (Lipinski definition) is 9. The number of hydrogen-bond donors (Lipinski definition) is 1. The maximum absolute atomic E-state index is 13.8. The molecular formula is C27H30N6O5S. The molecule has 1 atom stereocenters. The quantitative estimate of drug-likeness (QED) is 0.299. The van der Waals surface area contributed by atoms with Crippen molar-refractivity contribution < 1.29 is 23.5 Å². The van der Waals surface area contributed by atoms with Gasteiger partial charge >= 0.3 is 0 Å². The average molecular weight is 551 g/mol. The Hall–Kier alpha value is -4.19. The van der Waals surface area contributed by atoms with E-state index in [0.717, 1.165) is 30.6 Å². The van der Waals surface area contributed by atoms with Crippen LogP contribution < -0.4 is 14.8 Å². The summed E-state index contributed by atoms with van der Waals surface area (Å²) in [6, 6.07) is 11.8. The van der Waals surface area contributed by atoms with E-state index < -0.39 is 6.04 Å². The number of furan rings is 1. The number of amides is 2. The van der Waals surface area contributed by atoms with E-state index in [0.29, 0.717) is 28.6 Å². The maximum atomic E-state index is 13.8. The lowest BCUT2D eigenvalue weighted by Gasteiger charge is -2.30. The van der Waals surface area contributed by atoms with Crippen molar-refractivity contribution >= 4 is 23.2 Å². The molecule has 1 unspecified atom stereocenters. The van der Waals surface area contributed by atoms with Crippen molar-refractivity contribution in [2.45, 2.75) is 50.9 Å². The fourth-order valence-electron chi connectivity index (χ4n) is 4.73. The Kier molecular flexibility index (Phi) is 8.21. The summed E-state index contributed by atoms with van der Waals surface area (Å²) in [7, 11) is 3.11. The largest absolute Gasteiger partial charge is 0.493 e. The van der Waals surface area contributed by atoms with Crippen LogP contribution in [0.25, 0.3) is 11.4 Å². The summed E-state index contributed by atoms with van der Waals surface area (Å²) in [5.41, 5.74) is 0.659. The summed E-state index contributed by atoms with van der Waals surface area (Å²) in [5.74, 6) is 1.45. The van der Waals surface area contributed by atoms with Crippen molar-refractivity contribution in [3.8, 4) is 22.9 Å². The van der Waals surface area contributed by atoms with Gasteiger partial charge in [0.25, 0.3) is 0 Å². The molecule has 1 saturated carbocycles. The number of aromatic nitrogens is 4. The third kappa shape index (κ3) is 6.11. The zero-order valence-corrected chi connectivity index (χ0v) is 22.6. The van der Waals surface area contributed by atoms with Gasteiger partial charge in [0.2, 0.25) is 17.6 Å². The third-order valence-electron chi connectivity index (χ3n) is 6.67. The minimum atomic E-state index is -0.822. The molecule has 0 spiro atoms. The summed E-state index contributed by atoms with van der Waals surface area (Å²) in [5, 5.41) is 17.7. The van der Waals surface area contributed by atoms with E-state index in [2.05, 4.69) is 20.7 Å². The van der Waals surface area contributed by atoms with Gasteiger partial charge < -0.3 is 24.1 Å². The molecule has 0 radical (unpaired) electrons. The number of carbonyl (C=O) groups is 2. The molecule has 11 nitrogen and oxygen atoms in total. The Morgan fingerprint density at radius 1 is 1.15 bits per heavy atom. The van der Waals surface area contributed by atoms with Gasteiger partial charge in [-0.3, -0.25) is 9.59 Å². The van der Waals surface area contributed by atoms with E-state index in [9.17, 15) is 9.59 Å². The molecule has 4 aromatic rings. The van der Waals surface area contributed by atoms with Crippen LogP contribution in [-0.2, 0) is 22.7 Å². The maximum Gasteiger partial charge on any atom is 0.248 e. The predicted octanol–water partition coefficient (Wildman–Crippen LogP) is 3.84. The standard InChI is InChI=1S/C27H30N6O5S/c1-36-21-12-11-18(15-22(21)37-2)26-29-31-33(30-26)17-24(34)32(16-20-9-5-13-38-20)25(23-10-6-14-39-23)27(35)28-19-7-3-4-8-19/h5-6,9-15,19,25H,3-4,7-8,16-17H2,1-2H3,(H,28,35). The summed E-state index contributed by atoms with van der Waals surface area (Å²) in [4.78, 5) is 30.9. The van der Waals surface area contributed by atoms with E-state index in [-0.39, 0.29) is 30.9 Å². The van der Waals surface area contributed by atoms with Crippen LogP contribution in [0.4, 0.5) is 0 Å². The fraction of sp³-hybridized carbons (Fsp3) is 0.370. The average Bonchev–Trinajstić information content (AvgIpc) is 3.77. The van der Waals surface area contributed by atoms with Gasteiger partial charge in [-0.25, -0.2) is 0 Å². The van der Waals surface area contributed by atoms with Crippen molar-refractivity contribution in [2.75, 3.05) is 14.2 Å². The van der Waals surface area contributed by atoms with Gasteiger partial charge in [-0.1, -0.05) is 18.9 Å². The molecule has 204 valence electrons. The molecule has 1 aliphatic carbocycles. The highest BCUT2D eigenvalue weighted by molar-refractivity contribution is 7.10. The third-order valence-corrected chi connectivity index (χ3v) is 7.60. The van der Waals surface area contributed by atoms with Crippen molar-refractivity contribution in [3.63, 3.8) is 0 Å². The van der Waals surface area contributed by atoms with Crippen molar-refractivity contribution in [1.82, 2.24) is 30.4 Å². The van der Waals surface area contributed by atoms with Gasteiger partial charge in [0, 0.05) is 16.5 Å². The second-order valence-corrected chi connectivity index (χ2v) is 10.2. The molecule has 1 N–H and O–H groups in total. The molecule has 1 aromatic carbocycles. The molecule has 3 aromatic heterocycles. The number of ether oxygens (including phenoxy) is 2. The molecule has 12 heteroatoms. The van der Waals surface area contributed by atoms with Gasteiger partial charge in [-0.2, -0.15) is 4.80 Å². The molecule has 2 amide bonds. The highest BCUT2D eigenvalue weighted by atomic mass is 32.1. The van der Waals surface area contributed by atoms with Crippen LogP contribution in [-0.4, -0.2) is 57.2 Å². The molecule has 1 aliphatic rings. The summed E-state index contributed by atoms with van der Waals surface area (Å²) < 4.78 is 16.2. The van der Waals surface area contributed by atoms with Crippen molar-refractivity contribution in [2.24, 2.45) is 0 Å². The predicted molar refractivity (Wildman–Crippen MR) is 143 cm³/mol. The zero-order chi connectivity index (χ0) is 27.2. The molecule has 0 bridgehead atoms. The van der Waals surface area contributed by atoms with E-state index in [1.54, 1.807) is 50.8 Å². The molecule has 5 rings (SSSR count). The van der Waals surface area contributed by atoms with Gasteiger partial charge in [0.15, 0.2) is 11.5 Å².